The maximum atomic E-state index is 13.3. The minimum atomic E-state index is -0.182. The predicted molar refractivity (Wildman–Crippen MR) is 120 cm³/mol. The Morgan fingerprint density at radius 3 is 2.75 bits per heavy atom. The van der Waals surface area contributed by atoms with Gasteiger partial charge in [-0.15, -0.1) is 0 Å². The third kappa shape index (κ3) is 3.80. The number of fused-ring (bicyclic) bond motifs is 1. The molecule has 146 valence electrons. The van der Waals surface area contributed by atoms with Gasteiger partial charge in [-0.05, 0) is 45.3 Å². The molecule has 2 heterocycles. The van der Waals surface area contributed by atoms with Gasteiger partial charge >= 0.3 is 0 Å². The van der Waals surface area contributed by atoms with Gasteiger partial charge in [-0.25, -0.2) is 4.99 Å². The molecule has 1 aliphatic rings. The summed E-state index contributed by atoms with van der Waals surface area (Å²) >= 11 is 6.27. The Labute approximate surface area is 170 Å². The van der Waals surface area contributed by atoms with Crippen molar-refractivity contribution in [2.75, 3.05) is 6.54 Å². The summed E-state index contributed by atoms with van der Waals surface area (Å²) in [7, 11) is 0. The lowest BCUT2D eigenvalue weighted by Gasteiger charge is -2.17. The van der Waals surface area contributed by atoms with Crippen molar-refractivity contribution in [2.24, 2.45) is 9.98 Å². The van der Waals surface area contributed by atoms with Gasteiger partial charge in [-0.1, -0.05) is 37.3 Å². The van der Waals surface area contributed by atoms with E-state index < -0.39 is 0 Å². The van der Waals surface area contributed by atoms with E-state index in [1.165, 1.54) is 0 Å². The van der Waals surface area contributed by atoms with Crippen LogP contribution in [0.2, 0.25) is 5.02 Å². The first-order valence-corrected chi connectivity index (χ1v) is 9.93. The Morgan fingerprint density at radius 1 is 1.32 bits per heavy atom. The van der Waals surface area contributed by atoms with Crippen molar-refractivity contribution in [3.8, 4) is 0 Å². The van der Waals surface area contributed by atoms with Crippen LogP contribution in [0.3, 0.4) is 0 Å². The zero-order chi connectivity index (χ0) is 20.3. The quantitative estimate of drug-likeness (QED) is 0.615. The van der Waals surface area contributed by atoms with Crippen LogP contribution in [-0.2, 0) is 0 Å². The Balaban J connectivity index is 2.23. The molecule has 0 aliphatic heterocycles. The molecule has 1 aliphatic carbocycles. The van der Waals surface area contributed by atoms with Crippen molar-refractivity contribution < 1.29 is 0 Å². The summed E-state index contributed by atoms with van der Waals surface area (Å²) in [5.41, 5.74) is 4.00. The van der Waals surface area contributed by atoms with Crippen LogP contribution in [0.4, 0.5) is 0 Å². The highest BCUT2D eigenvalue weighted by atomic mass is 35.5. The zero-order valence-electron chi connectivity index (χ0n) is 16.6. The number of aliphatic imine (C=N–C) groups is 2. The lowest BCUT2D eigenvalue weighted by atomic mass is 10.1. The van der Waals surface area contributed by atoms with E-state index in [2.05, 4.69) is 23.7 Å². The van der Waals surface area contributed by atoms with E-state index in [-0.39, 0.29) is 5.56 Å². The van der Waals surface area contributed by atoms with Crippen LogP contribution in [-0.4, -0.2) is 26.9 Å². The maximum absolute atomic E-state index is 13.3. The molecular weight excluding hydrogens is 372 g/mol. The molecule has 0 unspecified atom stereocenters. The average molecular weight is 397 g/mol. The molecule has 0 fully saturated rings. The van der Waals surface area contributed by atoms with Gasteiger partial charge in [0.15, 0.2) is 0 Å². The van der Waals surface area contributed by atoms with Crippen LogP contribution in [0.25, 0.3) is 16.9 Å². The van der Waals surface area contributed by atoms with Crippen molar-refractivity contribution in [1.29, 1.82) is 0 Å². The Kier molecular flexibility index (Phi) is 6.15. The third-order valence-corrected chi connectivity index (χ3v) is 5.03. The largest absolute Gasteiger partial charge is 0.316 e. The number of aromatic nitrogens is 2. The zero-order valence-corrected chi connectivity index (χ0v) is 17.3. The highest BCUT2D eigenvalue weighted by molar-refractivity contribution is 6.42. The number of rotatable bonds is 6. The first kappa shape index (κ1) is 20.1. The molecule has 0 saturated carbocycles. The summed E-state index contributed by atoms with van der Waals surface area (Å²) in [6, 6.07) is 1.72. The standard InChI is InChI=1S/C22H25ClN4O/c1-5-19(15(3)24-6-2)25-16(4)20-14-26-13-12-18(23)21(26)22(28)27(20)17-10-8-7-9-11-17/h8,10-14H,4-7,9H2,1-3H3. The minimum absolute atomic E-state index is 0.182. The summed E-state index contributed by atoms with van der Waals surface area (Å²) < 4.78 is 3.39. The molecule has 2 aromatic heterocycles. The molecule has 0 aromatic carbocycles. The van der Waals surface area contributed by atoms with Crippen molar-refractivity contribution in [2.45, 2.75) is 40.0 Å². The lowest BCUT2D eigenvalue weighted by Crippen LogP contribution is -2.24. The van der Waals surface area contributed by atoms with Crippen molar-refractivity contribution in [1.82, 2.24) is 8.97 Å². The Hall–Kier alpha value is -2.66. The summed E-state index contributed by atoms with van der Waals surface area (Å²) in [5.74, 6) is 0. The van der Waals surface area contributed by atoms with Crippen LogP contribution in [0.15, 0.2) is 58.0 Å². The molecule has 3 rings (SSSR count). The van der Waals surface area contributed by atoms with Crippen molar-refractivity contribution in [3.05, 3.63) is 64.3 Å². The van der Waals surface area contributed by atoms with Crippen LogP contribution in [0, 0.1) is 0 Å². The average Bonchev–Trinajstić information content (AvgIpc) is 3.07. The minimum Gasteiger partial charge on any atom is -0.316 e. The fraction of sp³-hybridized carbons (Fsp3) is 0.318. The van der Waals surface area contributed by atoms with Crippen molar-refractivity contribution >= 4 is 39.9 Å². The summed E-state index contributed by atoms with van der Waals surface area (Å²) in [6.45, 7) is 10.9. The van der Waals surface area contributed by atoms with E-state index in [9.17, 15) is 4.79 Å². The first-order chi connectivity index (χ1) is 13.5. The Morgan fingerprint density at radius 2 is 2.11 bits per heavy atom. The fourth-order valence-electron chi connectivity index (χ4n) is 3.34. The molecule has 0 spiro atoms. The van der Waals surface area contributed by atoms with E-state index in [4.69, 9.17) is 16.6 Å². The molecule has 0 amide bonds. The molecule has 28 heavy (non-hydrogen) atoms. The second kappa shape index (κ2) is 8.57. The SMILES string of the molecule is C=C(N=C(CC)C(C)=NCC)c1cn2ccc(Cl)c2c(=O)n1C1=CCCC=C1. The van der Waals surface area contributed by atoms with E-state index in [0.29, 0.717) is 28.5 Å². The van der Waals surface area contributed by atoms with Gasteiger partial charge in [-0.2, -0.15) is 0 Å². The third-order valence-electron chi connectivity index (χ3n) is 4.72. The molecule has 0 radical (unpaired) electrons. The number of allylic oxidation sites excluding steroid dienone is 4. The molecule has 0 N–H and O–H groups in total. The molecule has 0 bridgehead atoms. The van der Waals surface area contributed by atoms with Gasteiger partial charge in [0, 0.05) is 24.6 Å². The fourth-order valence-corrected chi connectivity index (χ4v) is 3.57. The summed E-state index contributed by atoms with van der Waals surface area (Å²) in [5, 5.41) is 0.431. The van der Waals surface area contributed by atoms with Gasteiger partial charge in [0.05, 0.1) is 27.8 Å². The molecular formula is C22H25ClN4O. The molecule has 2 aromatic rings. The van der Waals surface area contributed by atoms with Gasteiger partial charge in [0.1, 0.15) is 5.52 Å². The number of halogens is 1. The molecule has 0 saturated heterocycles. The second-order valence-corrected chi connectivity index (χ2v) is 7.01. The van der Waals surface area contributed by atoms with Gasteiger partial charge in [-0.3, -0.25) is 14.4 Å². The monoisotopic (exact) mass is 396 g/mol. The van der Waals surface area contributed by atoms with Crippen LogP contribution < -0.4 is 5.56 Å². The molecule has 0 atom stereocenters. The van der Waals surface area contributed by atoms with Crippen molar-refractivity contribution in [3.63, 3.8) is 0 Å². The Bertz CT molecular complexity index is 1100. The number of hydrogen-bond donors (Lipinski definition) is 0. The van der Waals surface area contributed by atoms with Crippen LogP contribution in [0.1, 0.15) is 45.7 Å². The summed E-state index contributed by atoms with van der Waals surface area (Å²) in [6.07, 6.45) is 12.3. The number of hydrogen-bond acceptors (Lipinski definition) is 3. The van der Waals surface area contributed by atoms with Gasteiger partial charge < -0.3 is 4.40 Å². The smallest absolute Gasteiger partial charge is 0.281 e. The van der Waals surface area contributed by atoms with Gasteiger partial charge in [0.25, 0.3) is 5.56 Å². The van der Waals surface area contributed by atoms with Crippen LogP contribution in [0.5, 0.6) is 0 Å². The summed E-state index contributed by atoms with van der Waals surface area (Å²) in [4.78, 5) is 22.5. The second-order valence-electron chi connectivity index (χ2n) is 6.60. The van der Waals surface area contributed by atoms with E-state index in [1.807, 2.05) is 33.0 Å². The highest BCUT2D eigenvalue weighted by Gasteiger charge is 2.17. The molecule has 6 heteroatoms. The molecule has 5 nitrogen and oxygen atoms in total. The maximum Gasteiger partial charge on any atom is 0.281 e. The first-order valence-electron chi connectivity index (χ1n) is 9.55. The van der Waals surface area contributed by atoms with E-state index >= 15 is 0 Å². The predicted octanol–water partition coefficient (Wildman–Crippen LogP) is 5.25. The van der Waals surface area contributed by atoms with Gasteiger partial charge in [0.2, 0.25) is 0 Å². The normalized spacial score (nSPS) is 15.2. The van der Waals surface area contributed by atoms with E-state index in [1.54, 1.807) is 21.2 Å². The topological polar surface area (TPSA) is 51.1 Å². The highest BCUT2D eigenvalue weighted by Crippen LogP contribution is 2.24. The number of nitrogens with zero attached hydrogens (tertiary/aromatic N) is 4. The van der Waals surface area contributed by atoms with E-state index in [0.717, 1.165) is 36.4 Å². The van der Waals surface area contributed by atoms with Crippen LogP contribution >= 0.6 is 11.6 Å². The lowest BCUT2D eigenvalue weighted by molar-refractivity contribution is 0.932.